The summed E-state index contributed by atoms with van der Waals surface area (Å²) in [4.78, 5) is 0. The third-order valence-electron chi connectivity index (χ3n) is 16.6. The molecule has 0 saturated heterocycles. The zero-order valence-electron chi connectivity index (χ0n) is 45.6. The van der Waals surface area contributed by atoms with E-state index in [4.69, 9.17) is 0 Å². The Morgan fingerprint density at radius 2 is 0.549 bits per heavy atom. The van der Waals surface area contributed by atoms with E-state index in [1.165, 1.54) is 143 Å². The largest absolute Gasteiger partial charge is 0.505 e. The molecule has 388 valence electrons. The van der Waals surface area contributed by atoms with Gasteiger partial charge in [0.25, 0.3) is 0 Å². The van der Waals surface area contributed by atoms with Gasteiger partial charge in [0.15, 0.2) is 0 Å². The second-order valence-electron chi connectivity index (χ2n) is 21.3. The Labute approximate surface area is 475 Å². The van der Waals surface area contributed by atoms with E-state index in [9.17, 15) is 0 Å². The summed E-state index contributed by atoms with van der Waals surface area (Å²) in [5.74, 6) is 0. The average molecular weight is 1050 g/mol. The molecule has 3 heterocycles. The van der Waals surface area contributed by atoms with Crippen molar-refractivity contribution < 1.29 is 4.74 Å². The Morgan fingerprint density at radius 1 is 0.268 bits per heavy atom. The fraction of sp³-hybridized carbons (Fsp3) is 0.0256. The van der Waals surface area contributed by atoms with Gasteiger partial charge in [-0.2, -0.15) is 0 Å². The quantitative estimate of drug-likeness (QED) is 0.110. The van der Waals surface area contributed by atoms with E-state index in [2.05, 4.69) is 311 Å². The lowest BCUT2D eigenvalue weighted by atomic mass is 9.86. The van der Waals surface area contributed by atoms with Crippen molar-refractivity contribution in [3.8, 4) is 61.6 Å². The Balaban J connectivity index is 0.00000140. The zero-order valence-corrected chi connectivity index (χ0v) is 45.6. The number of para-hydroxylation sites is 3. The molecular weight excluding hydrogens is 995 g/mol. The van der Waals surface area contributed by atoms with Gasteiger partial charge < -0.3 is 18.4 Å². The van der Waals surface area contributed by atoms with E-state index in [1.807, 2.05) is 0 Å². The van der Waals surface area contributed by atoms with Crippen LogP contribution in [-0.4, -0.2) is 20.8 Å². The number of hydrogen-bond donors (Lipinski definition) is 0. The number of fused-ring (bicyclic) bond motifs is 11. The molecule has 4 heteroatoms. The summed E-state index contributed by atoms with van der Waals surface area (Å²) < 4.78 is 11.6. The van der Waals surface area contributed by atoms with Crippen molar-refractivity contribution in [1.29, 1.82) is 0 Å². The lowest BCUT2D eigenvalue weighted by molar-refractivity contribution is 0.339. The van der Waals surface area contributed by atoms with E-state index >= 15 is 0 Å². The van der Waals surface area contributed by atoms with Gasteiger partial charge in [0, 0.05) is 49.4 Å². The fourth-order valence-corrected chi connectivity index (χ4v) is 12.9. The first-order valence-corrected chi connectivity index (χ1v) is 28.0. The number of methoxy groups -OCH3 is 1. The third kappa shape index (κ3) is 7.90. The smallest absolute Gasteiger partial charge is 0.0766 e. The molecule has 13 aromatic carbocycles. The average Bonchev–Trinajstić information content (AvgIpc) is 4.14. The van der Waals surface area contributed by atoms with E-state index in [-0.39, 0.29) is 0 Å². The number of aryl methyl sites for hydroxylation is 1. The van der Waals surface area contributed by atoms with Crippen molar-refractivity contribution in [2.75, 3.05) is 7.11 Å². The minimum absolute atomic E-state index is 1.14. The second-order valence-corrected chi connectivity index (χ2v) is 21.3. The molecule has 0 N–H and O–H groups in total. The summed E-state index contributed by atoms with van der Waals surface area (Å²) >= 11 is 0. The fourth-order valence-electron chi connectivity index (χ4n) is 12.9. The molecule has 16 aromatic rings. The van der Waals surface area contributed by atoms with Crippen LogP contribution in [0.25, 0.3) is 149 Å². The molecule has 0 atom stereocenters. The maximum atomic E-state index is 4.31. The number of aromatic nitrogens is 3. The summed E-state index contributed by atoms with van der Waals surface area (Å²) in [6.07, 6.45) is 1.38. The van der Waals surface area contributed by atoms with Crippen LogP contribution < -0.4 is 0 Å². The van der Waals surface area contributed by atoms with Gasteiger partial charge in [-0.15, -0.1) is 0 Å². The number of hydrogen-bond acceptors (Lipinski definition) is 1. The SMILES string of the molecule is C=COC.Cc1ccc(-n2c3ccc(-c4ccc5c(c4)c4ccccc4n5-c4ccccc4)cc3c3cc(-c4ccc5c(c4)c4cc(-c6c7ccccc7c(-c7ccccc7)c7ccccc67)ccc4n5-c4ccccc4)ccc32)cc1. The van der Waals surface area contributed by atoms with Crippen molar-refractivity contribution in [3.63, 3.8) is 0 Å². The van der Waals surface area contributed by atoms with Crippen molar-refractivity contribution in [2.24, 2.45) is 0 Å². The van der Waals surface area contributed by atoms with Crippen LogP contribution in [0.2, 0.25) is 0 Å². The molecular formula is C78H55N3O. The van der Waals surface area contributed by atoms with Crippen LogP contribution in [0, 0.1) is 6.92 Å². The molecule has 82 heavy (non-hydrogen) atoms. The van der Waals surface area contributed by atoms with Gasteiger partial charge in [0.05, 0.1) is 46.5 Å². The first-order chi connectivity index (χ1) is 40.5. The lowest BCUT2D eigenvalue weighted by Crippen LogP contribution is -1.94. The lowest BCUT2D eigenvalue weighted by Gasteiger charge is -2.18. The van der Waals surface area contributed by atoms with Crippen LogP contribution in [0.3, 0.4) is 0 Å². The van der Waals surface area contributed by atoms with Crippen LogP contribution in [0.5, 0.6) is 0 Å². The molecule has 0 radical (unpaired) electrons. The van der Waals surface area contributed by atoms with Crippen LogP contribution >= 0.6 is 0 Å². The summed E-state index contributed by atoms with van der Waals surface area (Å²) in [5.41, 5.74) is 21.5. The van der Waals surface area contributed by atoms with E-state index in [0.717, 1.165) is 17.1 Å². The topological polar surface area (TPSA) is 24.0 Å². The third-order valence-corrected chi connectivity index (χ3v) is 16.6. The Morgan fingerprint density at radius 3 is 0.939 bits per heavy atom. The van der Waals surface area contributed by atoms with Gasteiger partial charge in [0.2, 0.25) is 0 Å². The van der Waals surface area contributed by atoms with Gasteiger partial charge in [-0.3, -0.25) is 0 Å². The molecule has 0 aliphatic heterocycles. The molecule has 0 spiro atoms. The molecule has 0 unspecified atom stereocenters. The molecule has 3 aromatic heterocycles. The van der Waals surface area contributed by atoms with Crippen molar-refractivity contribution in [3.05, 3.63) is 297 Å². The minimum atomic E-state index is 1.14. The normalized spacial score (nSPS) is 11.6. The first-order valence-electron chi connectivity index (χ1n) is 28.0. The predicted octanol–water partition coefficient (Wildman–Crippen LogP) is 21.0. The van der Waals surface area contributed by atoms with Crippen molar-refractivity contribution >= 4 is 87.0 Å². The molecule has 0 bridgehead atoms. The summed E-state index contributed by atoms with van der Waals surface area (Å²) in [7, 11) is 1.56. The predicted molar refractivity (Wildman–Crippen MR) is 348 cm³/mol. The van der Waals surface area contributed by atoms with E-state index < -0.39 is 0 Å². The van der Waals surface area contributed by atoms with Crippen molar-refractivity contribution in [1.82, 2.24) is 13.7 Å². The summed E-state index contributed by atoms with van der Waals surface area (Å²) in [6.45, 7) is 5.41. The van der Waals surface area contributed by atoms with Crippen molar-refractivity contribution in [2.45, 2.75) is 6.92 Å². The van der Waals surface area contributed by atoms with Gasteiger partial charge in [0.1, 0.15) is 0 Å². The molecule has 0 aliphatic carbocycles. The second kappa shape index (κ2) is 19.9. The Kier molecular flexibility index (Phi) is 11.8. The van der Waals surface area contributed by atoms with Crippen LogP contribution in [0.1, 0.15) is 5.56 Å². The van der Waals surface area contributed by atoms with E-state index in [0.29, 0.717) is 0 Å². The maximum Gasteiger partial charge on any atom is 0.0766 e. The summed E-state index contributed by atoms with van der Waals surface area (Å²) in [6, 6.07) is 103. The van der Waals surface area contributed by atoms with Gasteiger partial charge in [-0.25, -0.2) is 0 Å². The highest BCUT2D eigenvalue weighted by atomic mass is 16.5. The highest BCUT2D eigenvalue weighted by Crippen LogP contribution is 2.46. The minimum Gasteiger partial charge on any atom is -0.505 e. The van der Waals surface area contributed by atoms with Gasteiger partial charge in [-0.1, -0.05) is 188 Å². The Bertz CT molecular complexity index is 5080. The van der Waals surface area contributed by atoms with Crippen LogP contribution in [0.4, 0.5) is 0 Å². The van der Waals surface area contributed by atoms with Crippen LogP contribution in [-0.2, 0) is 4.74 Å². The number of nitrogens with zero attached hydrogens (tertiary/aromatic N) is 3. The molecule has 16 rings (SSSR count). The summed E-state index contributed by atoms with van der Waals surface area (Å²) in [5, 5.41) is 12.4. The number of benzene rings is 13. The highest BCUT2D eigenvalue weighted by Gasteiger charge is 2.21. The zero-order chi connectivity index (χ0) is 54.8. The molecule has 0 aliphatic rings. The number of ether oxygens (including phenoxy) is 1. The highest BCUT2D eigenvalue weighted by molar-refractivity contribution is 6.23. The van der Waals surface area contributed by atoms with Gasteiger partial charge in [-0.05, 0) is 176 Å². The Hall–Kier alpha value is -10.7. The first kappa shape index (κ1) is 48.4. The number of rotatable bonds is 8. The molecule has 0 fully saturated rings. The van der Waals surface area contributed by atoms with Gasteiger partial charge >= 0.3 is 0 Å². The van der Waals surface area contributed by atoms with Crippen LogP contribution in [0.15, 0.2) is 292 Å². The molecule has 4 nitrogen and oxygen atoms in total. The standard InChI is InChI=1S/C75H49N3.C3H6O/c1-48-29-36-57(37-30-48)78-71-40-33-51(50-31-38-69-63(43-50)58-23-15-16-28-68(58)76(69)55-19-7-3-8-20-55)44-64(71)65-45-52(34-41-72(65)78)53-32-39-70-66(46-53)67-47-54(35-42-73(67)77(70)56-21-9-4-10-22-56)75-61-26-13-11-24-59(61)74(49-17-5-2-6-18-49)60-25-12-14-27-62(60)75;1-3-4-2/h2-47H,1H3;3H,1H2,2H3. The maximum absolute atomic E-state index is 4.31. The molecule has 0 saturated carbocycles. The molecule has 0 amide bonds. The van der Waals surface area contributed by atoms with E-state index in [1.54, 1.807) is 7.11 Å². The monoisotopic (exact) mass is 1050 g/mol.